The molecule has 0 saturated heterocycles. The first-order valence-corrected chi connectivity index (χ1v) is 13.1. The van der Waals surface area contributed by atoms with Crippen molar-refractivity contribution in [1.82, 2.24) is 4.57 Å². The highest BCUT2D eigenvalue weighted by molar-refractivity contribution is 8.00. The van der Waals surface area contributed by atoms with Crippen LogP contribution in [0.1, 0.15) is 41.2 Å². The van der Waals surface area contributed by atoms with Crippen molar-refractivity contribution in [1.29, 1.82) is 0 Å². The van der Waals surface area contributed by atoms with Gasteiger partial charge in [-0.05, 0) is 61.6 Å². The molecule has 2 aliphatic carbocycles. The summed E-state index contributed by atoms with van der Waals surface area (Å²) in [4.78, 5) is 27.1. The molecule has 32 heavy (non-hydrogen) atoms. The molecule has 3 aromatic rings. The summed E-state index contributed by atoms with van der Waals surface area (Å²) < 4.78 is 1.73. The van der Waals surface area contributed by atoms with Gasteiger partial charge >= 0.3 is 4.87 Å². The highest BCUT2D eigenvalue weighted by Crippen LogP contribution is 2.63. The number of hydrogen-bond donors (Lipinski definition) is 1. The van der Waals surface area contributed by atoms with Crippen LogP contribution in [0.2, 0.25) is 0 Å². The number of nitrogens with one attached hydrogen (secondary N) is 1. The maximum absolute atomic E-state index is 13.1. The largest absolute Gasteiger partial charge is 0.325 e. The predicted molar refractivity (Wildman–Crippen MR) is 131 cm³/mol. The normalized spacial score (nSPS) is 27.7. The maximum atomic E-state index is 13.1. The third kappa shape index (κ3) is 3.35. The second-order valence-corrected chi connectivity index (χ2v) is 11.6. The van der Waals surface area contributed by atoms with Crippen molar-refractivity contribution in [3.63, 3.8) is 0 Å². The molecule has 3 aliphatic rings. The molecule has 6 heteroatoms. The van der Waals surface area contributed by atoms with Crippen molar-refractivity contribution in [2.45, 2.75) is 48.9 Å². The molecule has 2 fully saturated rings. The quantitative estimate of drug-likeness (QED) is 0.556. The van der Waals surface area contributed by atoms with Gasteiger partial charge in [-0.15, -0.1) is 11.8 Å². The van der Waals surface area contributed by atoms with Crippen molar-refractivity contribution in [2.75, 3.05) is 5.32 Å². The third-order valence-corrected chi connectivity index (χ3v) is 10.3. The number of carbonyl (C=O) groups excluding carboxylic acids is 1. The Morgan fingerprint density at radius 3 is 2.59 bits per heavy atom. The van der Waals surface area contributed by atoms with Gasteiger partial charge < -0.3 is 5.32 Å². The van der Waals surface area contributed by atoms with Gasteiger partial charge in [-0.2, -0.15) is 0 Å². The number of thioether (sulfide) groups is 1. The minimum atomic E-state index is -0.150. The molecule has 1 aromatic heterocycles. The summed E-state index contributed by atoms with van der Waals surface area (Å²) in [5, 5.41) is 4.53. The van der Waals surface area contributed by atoms with Gasteiger partial charge in [0.05, 0.1) is 5.03 Å². The number of hydrogen-bond acceptors (Lipinski definition) is 4. The molecular formula is C26H26N2O2S2. The first-order chi connectivity index (χ1) is 15.6. The Bertz CT molecular complexity index is 1210. The number of aryl methyl sites for hydroxylation is 1. The van der Waals surface area contributed by atoms with Gasteiger partial charge in [0.25, 0.3) is 0 Å². The molecule has 1 N–H and O–H groups in total. The number of anilines is 1. The number of fused-ring (bicyclic) bond motifs is 6. The zero-order valence-electron chi connectivity index (χ0n) is 18.0. The molecular weight excluding hydrogens is 436 g/mol. The van der Waals surface area contributed by atoms with Crippen LogP contribution in [0.5, 0.6) is 0 Å². The monoisotopic (exact) mass is 462 g/mol. The Kier molecular flexibility index (Phi) is 5.03. The summed E-state index contributed by atoms with van der Waals surface area (Å²) in [5.41, 5.74) is 3.23. The Morgan fingerprint density at radius 2 is 1.81 bits per heavy atom. The van der Waals surface area contributed by atoms with Crippen LogP contribution < -0.4 is 10.2 Å². The molecule has 0 radical (unpaired) electrons. The van der Waals surface area contributed by atoms with E-state index in [1.54, 1.807) is 4.57 Å². The number of nitrogens with zero attached hydrogens (tertiary/aromatic N) is 1. The van der Waals surface area contributed by atoms with E-state index in [0.29, 0.717) is 11.2 Å². The Balaban J connectivity index is 1.35. The van der Waals surface area contributed by atoms with Crippen LogP contribution in [0.15, 0.2) is 64.4 Å². The first-order valence-electron chi connectivity index (χ1n) is 11.4. The minimum absolute atomic E-state index is 0.0187. The molecule has 2 saturated carbocycles. The molecule has 1 aliphatic heterocycles. The van der Waals surface area contributed by atoms with E-state index in [1.807, 2.05) is 43.0 Å². The number of benzene rings is 2. The predicted octanol–water partition coefficient (Wildman–Crippen LogP) is 5.51. The lowest BCUT2D eigenvalue weighted by Gasteiger charge is -2.40. The standard InChI is InChI=1S/C26H26N2O2S2/c1-15-7-11-19(12-8-15)27-20(29)14-28-25-24(32-26(28)30)21(16-5-3-2-4-6-16)22-17-9-10-18(13-17)23(22)31-25/h2-8,11-12,17-18,21-23H,9-10,13-14H2,1H3,(H,27,29)/t17?,18?,21-,22?,23?/m1/s1. The number of carbonyl (C=O) groups is 1. The second kappa shape index (κ2) is 7.92. The Hall–Kier alpha value is -2.31. The van der Waals surface area contributed by atoms with Crippen LogP contribution in [0.25, 0.3) is 0 Å². The maximum Gasteiger partial charge on any atom is 0.308 e. The summed E-state index contributed by atoms with van der Waals surface area (Å²) in [6.07, 6.45) is 3.94. The lowest BCUT2D eigenvalue weighted by molar-refractivity contribution is -0.116. The van der Waals surface area contributed by atoms with Crippen molar-refractivity contribution >= 4 is 34.7 Å². The summed E-state index contributed by atoms with van der Waals surface area (Å²) in [5.74, 6) is 2.21. The lowest BCUT2D eigenvalue weighted by Crippen LogP contribution is -2.34. The average Bonchev–Trinajstić information content (AvgIpc) is 3.49. The van der Waals surface area contributed by atoms with Crippen LogP contribution in [-0.4, -0.2) is 15.7 Å². The summed E-state index contributed by atoms with van der Waals surface area (Å²) in [7, 11) is 0. The zero-order chi connectivity index (χ0) is 21.8. The smallest absolute Gasteiger partial charge is 0.308 e. The van der Waals surface area contributed by atoms with Crippen molar-refractivity contribution in [3.8, 4) is 0 Å². The molecule has 0 spiro atoms. The zero-order valence-corrected chi connectivity index (χ0v) is 19.6. The molecule has 2 aromatic carbocycles. The van der Waals surface area contributed by atoms with Crippen LogP contribution in [-0.2, 0) is 11.3 Å². The van der Waals surface area contributed by atoms with E-state index in [1.165, 1.54) is 41.0 Å². The summed E-state index contributed by atoms with van der Waals surface area (Å²) >= 11 is 3.23. The SMILES string of the molecule is Cc1ccc(NC(=O)Cn2c3c(sc2=O)[C@H](c2ccccc2)C2C4CCC(C4)C2S3)cc1. The number of rotatable bonds is 4. The fourth-order valence-corrected chi connectivity index (χ4v) is 9.25. The fourth-order valence-electron chi connectivity index (χ4n) is 6.10. The fraction of sp³-hybridized carbons (Fsp3) is 0.385. The average molecular weight is 463 g/mol. The van der Waals surface area contributed by atoms with E-state index in [4.69, 9.17) is 0 Å². The summed E-state index contributed by atoms with van der Waals surface area (Å²) in [6, 6.07) is 18.5. The Labute approximate surface area is 196 Å². The van der Waals surface area contributed by atoms with E-state index in [-0.39, 0.29) is 23.2 Å². The molecule has 2 heterocycles. The van der Waals surface area contributed by atoms with E-state index < -0.39 is 0 Å². The minimum Gasteiger partial charge on any atom is -0.325 e. The van der Waals surface area contributed by atoms with Gasteiger partial charge in [0.2, 0.25) is 5.91 Å². The second-order valence-electron chi connectivity index (χ2n) is 9.42. The van der Waals surface area contributed by atoms with Gasteiger partial charge in [-0.3, -0.25) is 14.2 Å². The highest BCUT2D eigenvalue weighted by atomic mass is 32.2. The first kappa shape index (κ1) is 20.3. The topological polar surface area (TPSA) is 51.1 Å². The van der Waals surface area contributed by atoms with E-state index in [9.17, 15) is 9.59 Å². The van der Waals surface area contributed by atoms with Crippen LogP contribution in [0, 0.1) is 24.7 Å². The van der Waals surface area contributed by atoms with Crippen LogP contribution in [0.3, 0.4) is 0 Å². The molecule has 4 nitrogen and oxygen atoms in total. The number of aromatic nitrogens is 1. The van der Waals surface area contributed by atoms with Gasteiger partial charge in [-0.25, -0.2) is 0 Å². The van der Waals surface area contributed by atoms with Crippen LogP contribution in [0.4, 0.5) is 5.69 Å². The lowest BCUT2D eigenvalue weighted by atomic mass is 9.75. The Morgan fingerprint density at radius 1 is 1.06 bits per heavy atom. The highest BCUT2D eigenvalue weighted by Gasteiger charge is 2.55. The molecule has 4 unspecified atom stereocenters. The van der Waals surface area contributed by atoms with Crippen molar-refractivity contribution < 1.29 is 4.79 Å². The molecule has 5 atom stereocenters. The number of amides is 1. The molecule has 2 bridgehead atoms. The van der Waals surface area contributed by atoms with E-state index >= 15 is 0 Å². The van der Waals surface area contributed by atoms with Gasteiger partial charge in [-0.1, -0.05) is 59.4 Å². The summed E-state index contributed by atoms with van der Waals surface area (Å²) in [6.45, 7) is 2.09. The van der Waals surface area contributed by atoms with Crippen molar-refractivity contribution in [2.24, 2.45) is 17.8 Å². The van der Waals surface area contributed by atoms with Gasteiger partial charge in [0, 0.05) is 21.7 Å². The van der Waals surface area contributed by atoms with E-state index in [0.717, 1.165) is 28.1 Å². The van der Waals surface area contributed by atoms with Gasteiger partial charge in [0.15, 0.2) is 0 Å². The molecule has 6 rings (SSSR count). The number of thiazole rings is 1. The van der Waals surface area contributed by atoms with Crippen LogP contribution >= 0.6 is 23.1 Å². The third-order valence-electron chi connectivity index (χ3n) is 7.49. The van der Waals surface area contributed by atoms with E-state index in [2.05, 4.69) is 35.6 Å². The van der Waals surface area contributed by atoms with Crippen molar-refractivity contribution in [3.05, 3.63) is 80.3 Å². The van der Waals surface area contributed by atoms with Gasteiger partial charge in [0.1, 0.15) is 6.54 Å². The molecule has 1 amide bonds. The molecule has 164 valence electrons.